The third-order valence-corrected chi connectivity index (χ3v) is 5.00. The standard InChI is InChI=1S/C25H24ClN3O3/c1-17-11-12-22(18(2)13-17)28-24(30)14-25(31)29-27-15-19-7-4-6-10-23(19)32-16-20-8-3-5-9-21(20)26/h3-13,15H,14,16H2,1-2H3,(H,28,30)(H,29,31). The minimum absolute atomic E-state index is 0.301. The quantitative estimate of drug-likeness (QED) is 0.288. The van der Waals surface area contributed by atoms with Crippen molar-refractivity contribution in [1.29, 1.82) is 0 Å². The van der Waals surface area contributed by atoms with Crippen molar-refractivity contribution in [2.75, 3.05) is 5.32 Å². The zero-order chi connectivity index (χ0) is 22.9. The van der Waals surface area contributed by atoms with Gasteiger partial charge >= 0.3 is 0 Å². The summed E-state index contributed by atoms with van der Waals surface area (Å²) in [5, 5.41) is 7.32. The fraction of sp³-hybridized carbons (Fsp3) is 0.160. The summed E-state index contributed by atoms with van der Waals surface area (Å²) in [6.07, 6.45) is 1.14. The van der Waals surface area contributed by atoms with Gasteiger partial charge in [0.25, 0.3) is 0 Å². The highest BCUT2D eigenvalue weighted by atomic mass is 35.5. The molecule has 0 spiro atoms. The summed E-state index contributed by atoms with van der Waals surface area (Å²) < 4.78 is 5.86. The number of hydrogen-bond acceptors (Lipinski definition) is 4. The number of carbonyl (C=O) groups excluding carboxylic acids is 2. The van der Waals surface area contributed by atoms with E-state index in [1.54, 1.807) is 12.1 Å². The van der Waals surface area contributed by atoms with E-state index in [-0.39, 0.29) is 6.42 Å². The van der Waals surface area contributed by atoms with E-state index >= 15 is 0 Å². The molecule has 0 saturated heterocycles. The topological polar surface area (TPSA) is 79.8 Å². The number of aryl methyl sites for hydroxylation is 2. The van der Waals surface area contributed by atoms with E-state index in [9.17, 15) is 9.59 Å². The van der Waals surface area contributed by atoms with Crippen LogP contribution >= 0.6 is 11.6 Å². The number of carbonyl (C=O) groups is 2. The van der Waals surface area contributed by atoms with Crippen LogP contribution in [0.3, 0.4) is 0 Å². The summed E-state index contributed by atoms with van der Waals surface area (Å²) >= 11 is 6.17. The number of nitrogens with one attached hydrogen (secondary N) is 2. The normalized spacial score (nSPS) is 10.7. The molecule has 0 saturated carbocycles. The molecule has 3 rings (SSSR count). The Morgan fingerprint density at radius 3 is 2.53 bits per heavy atom. The van der Waals surface area contributed by atoms with Crippen LogP contribution < -0.4 is 15.5 Å². The zero-order valence-electron chi connectivity index (χ0n) is 17.9. The third kappa shape index (κ3) is 6.68. The lowest BCUT2D eigenvalue weighted by Crippen LogP contribution is -2.24. The fourth-order valence-electron chi connectivity index (χ4n) is 3.00. The number of nitrogens with zero attached hydrogens (tertiary/aromatic N) is 1. The Labute approximate surface area is 192 Å². The maximum Gasteiger partial charge on any atom is 0.249 e. The zero-order valence-corrected chi connectivity index (χ0v) is 18.6. The van der Waals surface area contributed by atoms with Crippen LogP contribution in [-0.2, 0) is 16.2 Å². The Morgan fingerprint density at radius 2 is 1.75 bits per heavy atom. The Hall–Kier alpha value is -3.64. The van der Waals surface area contributed by atoms with Gasteiger partial charge in [-0.05, 0) is 43.7 Å². The van der Waals surface area contributed by atoms with Crippen molar-refractivity contribution in [2.45, 2.75) is 26.9 Å². The van der Waals surface area contributed by atoms with Crippen LogP contribution in [-0.4, -0.2) is 18.0 Å². The van der Waals surface area contributed by atoms with Crippen LogP contribution in [0.2, 0.25) is 5.02 Å². The monoisotopic (exact) mass is 449 g/mol. The molecule has 0 fully saturated rings. The number of hydrogen-bond donors (Lipinski definition) is 2. The molecule has 0 bridgehead atoms. The molecule has 2 amide bonds. The lowest BCUT2D eigenvalue weighted by molar-refractivity contribution is -0.126. The van der Waals surface area contributed by atoms with E-state index < -0.39 is 11.8 Å². The molecule has 0 radical (unpaired) electrons. The molecule has 2 N–H and O–H groups in total. The van der Waals surface area contributed by atoms with Crippen molar-refractivity contribution >= 4 is 35.3 Å². The van der Waals surface area contributed by atoms with Crippen LogP contribution in [0.25, 0.3) is 0 Å². The molecule has 0 aliphatic rings. The largest absolute Gasteiger partial charge is 0.488 e. The predicted octanol–water partition coefficient (Wildman–Crippen LogP) is 5.01. The minimum atomic E-state index is -0.516. The van der Waals surface area contributed by atoms with E-state index in [0.29, 0.717) is 28.6 Å². The van der Waals surface area contributed by atoms with E-state index in [0.717, 1.165) is 16.7 Å². The number of anilines is 1. The molecule has 7 heteroatoms. The second-order valence-electron chi connectivity index (χ2n) is 7.25. The summed E-state index contributed by atoms with van der Waals surface area (Å²) in [5.41, 5.74) is 6.64. The average Bonchev–Trinajstić information content (AvgIpc) is 2.76. The maximum atomic E-state index is 12.1. The first-order valence-corrected chi connectivity index (χ1v) is 10.4. The molecule has 3 aromatic carbocycles. The van der Waals surface area contributed by atoms with Crippen molar-refractivity contribution in [1.82, 2.24) is 5.43 Å². The van der Waals surface area contributed by atoms with Crippen molar-refractivity contribution in [2.24, 2.45) is 5.10 Å². The van der Waals surface area contributed by atoms with Crippen molar-refractivity contribution in [3.05, 3.63) is 94.0 Å². The van der Waals surface area contributed by atoms with Gasteiger partial charge in [0.15, 0.2) is 0 Å². The Morgan fingerprint density at radius 1 is 1.00 bits per heavy atom. The summed E-state index contributed by atoms with van der Waals surface area (Å²) in [6, 6.07) is 20.4. The third-order valence-electron chi connectivity index (χ3n) is 4.63. The first-order chi connectivity index (χ1) is 15.4. The predicted molar refractivity (Wildman–Crippen MR) is 127 cm³/mol. The number of ether oxygens (including phenoxy) is 1. The van der Waals surface area contributed by atoms with Gasteiger partial charge in [-0.3, -0.25) is 9.59 Å². The second kappa shape index (κ2) is 11.1. The number of amides is 2. The molecule has 0 aliphatic carbocycles. The molecule has 6 nitrogen and oxygen atoms in total. The van der Waals surface area contributed by atoms with Crippen molar-refractivity contribution in [3.63, 3.8) is 0 Å². The molecule has 0 heterocycles. The summed E-state index contributed by atoms with van der Waals surface area (Å²) in [7, 11) is 0. The van der Waals surface area contributed by atoms with Gasteiger partial charge < -0.3 is 10.1 Å². The lowest BCUT2D eigenvalue weighted by atomic mass is 10.1. The highest BCUT2D eigenvalue weighted by Crippen LogP contribution is 2.21. The molecular formula is C25H24ClN3O3. The molecular weight excluding hydrogens is 426 g/mol. The van der Waals surface area contributed by atoms with Gasteiger partial charge in [-0.1, -0.05) is 59.6 Å². The van der Waals surface area contributed by atoms with Crippen LogP contribution in [0.5, 0.6) is 5.75 Å². The maximum absolute atomic E-state index is 12.1. The van der Waals surface area contributed by atoms with Gasteiger partial charge in [0.1, 0.15) is 18.8 Å². The summed E-state index contributed by atoms with van der Waals surface area (Å²) in [6.45, 7) is 4.18. The smallest absolute Gasteiger partial charge is 0.249 e. The van der Waals surface area contributed by atoms with Gasteiger partial charge in [-0.2, -0.15) is 5.10 Å². The number of rotatable bonds is 8. The number of benzene rings is 3. The first kappa shape index (κ1) is 23.0. The highest BCUT2D eigenvalue weighted by molar-refractivity contribution is 6.31. The summed E-state index contributed by atoms with van der Waals surface area (Å²) in [4.78, 5) is 24.2. The van der Waals surface area contributed by atoms with Crippen LogP contribution in [0.1, 0.15) is 28.7 Å². The van der Waals surface area contributed by atoms with E-state index in [1.165, 1.54) is 6.21 Å². The van der Waals surface area contributed by atoms with Crippen LogP contribution in [0.15, 0.2) is 71.8 Å². The average molecular weight is 450 g/mol. The van der Waals surface area contributed by atoms with E-state index in [1.807, 2.05) is 68.4 Å². The van der Waals surface area contributed by atoms with Crippen molar-refractivity contribution in [3.8, 4) is 5.75 Å². The first-order valence-electron chi connectivity index (χ1n) is 10.1. The highest BCUT2D eigenvalue weighted by Gasteiger charge is 2.10. The fourth-order valence-corrected chi connectivity index (χ4v) is 3.19. The Kier molecular flexibility index (Phi) is 8.00. The lowest BCUT2D eigenvalue weighted by Gasteiger charge is -2.10. The van der Waals surface area contributed by atoms with Crippen LogP contribution in [0, 0.1) is 13.8 Å². The van der Waals surface area contributed by atoms with Gasteiger partial charge in [0.2, 0.25) is 11.8 Å². The van der Waals surface area contributed by atoms with Gasteiger partial charge in [0, 0.05) is 21.8 Å². The molecule has 164 valence electrons. The number of hydrazone groups is 1. The molecule has 32 heavy (non-hydrogen) atoms. The molecule has 0 aromatic heterocycles. The Balaban J connectivity index is 1.53. The molecule has 0 unspecified atom stereocenters. The summed E-state index contributed by atoms with van der Waals surface area (Å²) in [5.74, 6) is -0.330. The molecule has 0 aliphatic heterocycles. The van der Waals surface area contributed by atoms with Crippen molar-refractivity contribution < 1.29 is 14.3 Å². The molecule has 3 aromatic rings. The SMILES string of the molecule is Cc1ccc(NC(=O)CC(=O)NN=Cc2ccccc2OCc2ccccc2Cl)c(C)c1. The molecule has 0 atom stereocenters. The van der Waals surface area contributed by atoms with E-state index in [2.05, 4.69) is 15.8 Å². The number of halogens is 1. The second-order valence-corrected chi connectivity index (χ2v) is 7.66. The van der Waals surface area contributed by atoms with E-state index in [4.69, 9.17) is 16.3 Å². The number of para-hydroxylation sites is 1. The Bertz CT molecular complexity index is 1140. The van der Waals surface area contributed by atoms with Gasteiger partial charge in [-0.25, -0.2) is 5.43 Å². The van der Waals surface area contributed by atoms with Gasteiger partial charge in [0.05, 0.1) is 6.21 Å². The van der Waals surface area contributed by atoms with Crippen LogP contribution in [0.4, 0.5) is 5.69 Å². The minimum Gasteiger partial charge on any atom is -0.488 e. The van der Waals surface area contributed by atoms with Gasteiger partial charge in [-0.15, -0.1) is 0 Å².